The van der Waals surface area contributed by atoms with E-state index >= 15 is 0 Å². The van der Waals surface area contributed by atoms with Crippen molar-refractivity contribution in [2.45, 2.75) is 19.0 Å². The first-order chi connectivity index (χ1) is 11.7. The lowest BCUT2D eigenvalue weighted by Crippen LogP contribution is -2.44. The fourth-order valence-electron chi connectivity index (χ4n) is 2.81. The second-order valence-corrected chi connectivity index (χ2v) is 5.68. The minimum Gasteiger partial charge on any atom is -0.467 e. The first-order valence-corrected chi connectivity index (χ1v) is 7.85. The Kier molecular flexibility index (Phi) is 4.98. The van der Waals surface area contributed by atoms with E-state index in [1.54, 1.807) is 13.3 Å². The molecule has 1 aromatic heterocycles. The van der Waals surface area contributed by atoms with Crippen LogP contribution in [0.15, 0.2) is 46.0 Å². The maximum Gasteiger partial charge on any atom is 0.191 e. The Labute approximate surface area is 139 Å². The van der Waals surface area contributed by atoms with Crippen LogP contribution in [0.2, 0.25) is 0 Å². The molecule has 2 aromatic rings. The molecule has 7 heteroatoms. The van der Waals surface area contributed by atoms with Gasteiger partial charge >= 0.3 is 0 Å². The molecule has 5 nitrogen and oxygen atoms in total. The van der Waals surface area contributed by atoms with E-state index in [9.17, 15) is 8.78 Å². The maximum atomic E-state index is 13.9. The lowest BCUT2D eigenvalue weighted by Gasteiger charge is -2.20. The van der Waals surface area contributed by atoms with E-state index in [-0.39, 0.29) is 6.04 Å². The molecular formula is C17H20F2N4O. The lowest BCUT2D eigenvalue weighted by atomic mass is 10.2. The topological polar surface area (TPSA) is 52.8 Å². The Morgan fingerprint density at radius 3 is 2.96 bits per heavy atom. The molecule has 1 atom stereocenters. The highest BCUT2D eigenvalue weighted by molar-refractivity contribution is 5.80. The molecule has 0 aliphatic carbocycles. The lowest BCUT2D eigenvalue weighted by molar-refractivity contribution is 0.500. The van der Waals surface area contributed by atoms with Gasteiger partial charge in [0.1, 0.15) is 17.4 Å². The summed E-state index contributed by atoms with van der Waals surface area (Å²) in [5, 5.41) is 6.49. The van der Waals surface area contributed by atoms with E-state index in [0.29, 0.717) is 31.3 Å². The van der Waals surface area contributed by atoms with Crippen LogP contribution in [0.4, 0.5) is 14.5 Å². The van der Waals surface area contributed by atoms with Gasteiger partial charge in [-0.3, -0.25) is 4.99 Å². The Morgan fingerprint density at radius 1 is 1.38 bits per heavy atom. The Bertz CT molecular complexity index is 703. The van der Waals surface area contributed by atoms with Crippen molar-refractivity contribution in [1.29, 1.82) is 0 Å². The normalized spacial score (nSPS) is 18.0. The van der Waals surface area contributed by atoms with Gasteiger partial charge in [-0.1, -0.05) is 0 Å². The number of hydrogen-bond donors (Lipinski definition) is 2. The SMILES string of the molecule is CN=C(NCc1ccco1)NC1CCN(c2ccc(F)cc2F)C1. The fourth-order valence-corrected chi connectivity index (χ4v) is 2.81. The third-order valence-electron chi connectivity index (χ3n) is 4.01. The van der Waals surface area contributed by atoms with Gasteiger partial charge in [-0.25, -0.2) is 8.78 Å². The Morgan fingerprint density at radius 2 is 2.25 bits per heavy atom. The third-order valence-corrected chi connectivity index (χ3v) is 4.01. The van der Waals surface area contributed by atoms with Gasteiger partial charge in [0.25, 0.3) is 0 Å². The highest BCUT2D eigenvalue weighted by atomic mass is 19.1. The summed E-state index contributed by atoms with van der Waals surface area (Å²) in [7, 11) is 1.70. The molecule has 0 amide bonds. The molecule has 24 heavy (non-hydrogen) atoms. The average Bonchev–Trinajstić information content (AvgIpc) is 3.23. The van der Waals surface area contributed by atoms with E-state index in [2.05, 4.69) is 15.6 Å². The minimum atomic E-state index is -0.562. The van der Waals surface area contributed by atoms with Crippen molar-refractivity contribution in [2.75, 3.05) is 25.0 Å². The molecule has 1 fully saturated rings. The van der Waals surface area contributed by atoms with Crippen molar-refractivity contribution in [3.05, 3.63) is 54.0 Å². The summed E-state index contributed by atoms with van der Waals surface area (Å²) in [5.41, 5.74) is 0.430. The van der Waals surface area contributed by atoms with Gasteiger partial charge in [0.2, 0.25) is 0 Å². The molecule has 1 aliphatic heterocycles. The summed E-state index contributed by atoms with van der Waals surface area (Å²) in [6.07, 6.45) is 2.47. The zero-order valence-electron chi connectivity index (χ0n) is 13.4. The maximum absolute atomic E-state index is 13.9. The predicted octanol–water partition coefficient (Wildman–Crippen LogP) is 2.50. The summed E-state index contributed by atoms with van der Waals surface area (Å²) in [6.45, 7) is 1.87. The van der Waals surface area contributed by atoms with Crippen LogP contribution in [-0.4, -0.2) is 32.1 Å². The number of halogens is 2. The van der Waals surface area contributed by atoms with Crippen LogP contribution in [0.1, 0.15) is 12.2 Å². The molecule has 1 aromatic carbocycles. The molecular weight excluding hydrogens is 314 g/mol. The van der Waals surface area contributed by atoms with Crippen molar-refractivity contribution in [1.82, 2.24) is 10.6 Å². The smallest absolute Gasteiger partial charge is 0.191 e. The molecule has 0 spiro atoms. The molecule has 0 bridgehead atoms. The zero-order chi connectivity index (χ0) is 16.9. The van der Waals surface area contributed by atoms with Crippen molar-refractivity contribution in [3.8, 4) is 0 Å². The van der Waals surface area contributed by atoms with Crippen LogP contribution in [0.3, 0.4) is 0 Å². The number of furan rings is 1. The second kappa shape index (κ2) is 7.33. The van der Waals surface area contributed by atoms with Crippen LogP contribution in [0.25, 0.3) is 0 Å². The van der Waals surface area contributed by atoms with E-state index < -0.39 is 11.6 Å². The molecule has 2 N–H and O–H groups in total. The van der Waals surface area contributed by atoms with Crippen molar-refractivity contribution >= 4 is 11.6 Å². The summed E-state index contributed by atoms with van der Waals surface area (Å²) in [6, 6.07) is 7.53. The van der Waals surface area contributed by atoms with E-state index in [4.69, 9.17) is 4.42 Å². The van der Waals surface area contributed by atoms with Crippen molar-refractivity contribution in [3.63, 3.8) is 0 Å². The first kappa shape index (κ1) is 16.3. The molecule has 0 saturated carbocycles. The number of anilines is 1. The monoisotopic (exact) mass is 334 g/mol. The van der Waals surface area contributed by atoms with Gasteiger partial charge in [0, 0.05) is 32.2 Å². The molecule has 128 valence electrons. The molecule has 1 saturated heterocycles. The van der Waals surface area contributed by atoms with Crippen LogP contribution < -0.4 is 15.5 Å². The summed E-state index contributed by atoms with van der Waals surface area (Å²) >= 11 is 0. The Balaban J connectivity index is 1.55. The number of hydrogen-bond acceptors (Lipinski definition) is 3. The first-order valence-electron chi connectivity index (χ1n) is 7.85. The highest BCUT2D eigenvalue weighted by Crippen LogP contribution is 2.24. The number of nitrogens with one attached hydrogen (secondary N) is 2. The van der Waals surface area contributed by atoms with Crippen LogP contribution in [0.5, 0.6) is 0 Å². The van der Waals surface area contributed by atoms with Crippen LogP contribution in [0, 0.1) is 11.6 Å². The molecule has 0 radical (unpaired) electrons. The number of guanidine groups is 1. The number of nitrogens with zero attached hydrogens (tertiary/aromatic N) is 2. The van der Waals surface area contributed by atoms with Gasteiger partial charge in [-0.05, 0) is 30.7 Å². The zero-order valence-corrected chi connectivity index (χ0v) is 13.4. The molecule has 3 rings (SSSR count). The fraction of sp³-hybridized carbons (Fsp3) is 0.353. The second-order valence-electron chi connectivity index (χ2n) is 5.68. The Hall–Kier alpha value is -2.57. The largest absolute Gasteiger partial charge is 0.467 e. The van der Waals surface area contributed by atoms with Gasteiger partial charge in [0.15, 0.2) is 5.96 Å². The number of aliphatic imine (C=N–C) groups is 1. The molecule has 1 aliphatic rings. The van der Waals surface area contributed by atoms with Gasteiger partial charge in [0.05, 0.1) is 18.5 Å². The van der Waals surface area contributed by atoms with Crippen molar-refractivity contribution in [2.24, 2.45) is 4.99 Å². The van der Waals surface area contributed by atoms with E-state index in [0.717, 1.165) is 18.2 Å². The van der Waals surface area contributed by atoms with Crippen LogP contribution in [-0.2, 0) is 6.54 Å². The van der Waals surface area contributed by atoms with Crippen LogP contribution >= 0.6 is 0 Å². The minimum absolute atomic E-state index is 0.136. The molecule has 1 unspecified atom stereocenters. The predicted molar refractivity (Wildman–Crippen MR) is 89.0 cm³/mol. The highest BCUT2D eigenvalue weighted by Gasteiger charge is 2.25. The standard InChI is InChI=1S/C17H20F2N4O/c1-20-17(21-10-14-3-2-8-24-14)22-13-6-7-23(11-13)16-5-4-12(18)9-15(16)19/h2-5,8-9,13H,6-7,10-11H2,1H3,(H2,20,21,22). The third kappa shape index (κ3) is 3.84. The summed E-state index contributed by atoms with van der Waals surface area (Å²) < 4.78 is 32.2. The number of benzene rings is 1. The number of rotatable bonds is 4. The van der Waals surface area contributed by atoms with E-state index in [1.807, 2.05) is 17.0 Å². The van der Waals surface area contributed by atoms with E-state index in [1.165, 1.54) is 12.1 Å². The summed E-state index contributed by atoms with van der Waals surface area (Å²) in [5.74, 6) is 0.390. The van der Waals surface area contributed by atoms with Crippen molar-refractivity contribution < 1.29 is 13.2 Å². The molecule has 2 heterocycles. The van der Waals surface area contributed by atoms with Gasteiger partial charge in [-0.2, -0.15) is 0 Å². The van der Waals surface area contributed by atoms with Gasteiger partial charge in [-0.15, -0.1) is 0 Å². The quantitative estimate of drug-likeness (QED) is 0.666. The summed E-state index contributed by atoms with van der Waals surface area (Å²) in [4.78, 5) is 6.10. The average molecular weight is 334 g/mol. The van der Waals surface area contributed by atoms with Gasteiger partial charge < -0.3 is 20.0 Å².